The van der Waals surface area contributed by atoms with Gasteiger partial charge in [-0.25, -0.2) is 9.97 Å². The van der Waals surface area contributed by atoms with Gasteiger partial charge in [-0.3, -0.25) is 9.69 Å². The molecule has 1 fully saturated rings. The van der Waals surface area contributed by atoms with Gasteiger partial charge in [-0.15, -0.1) is 0 Å². The van der Waals surface area contributed by atoms with Crippen LogP contribution in [-0.2, 0) is 16.1 Å². The molecule has 0 spiro atoms. The number of hydrogen-bond acceptors (Lipinski definition) is 6. The molecular weight excluding hydrogens is 330 g/mol. The first-order valence-electron chi connectivity index (χ1n) is 8.98. The van der Waals surface area contributed by atoms with Gasteiger partial charge in [0.1, 0.15) is 11.9 Å². The third-order valence-corrected chi connectivity index (χ3v) is 4.48. The molecule has 6 heteroatoms. The molecule has 1 aliphatic rings. The molecule has 1 aromatic heterocycles. The standard InChI is InChI=1S/C20H25N3O3/c1-4-17(24)19-13-23(7-8-25-19)12-16-10-21-20(22-11-16)26-18-6-5-14(2)9-15(18)3/h5-6,9-11,19H,4,7-8,12-13H2,1-3H3/t19-/m0/s1. The van der Waals surface area contributed by atoms with E-state index < -0.39 is 0 Å². The van der Waals surface area contributed by atoms with E-state index in [1.807, 2.05) is 32.9 Å². The van der Waals surface area contributed by atoms with Crippen LogP contribution in [0.2, 0.25) is 0 Å². The molecule has 0 unspecified atom stereocenters. The summed E-state index contributed by atoms with van der Waals surface area (Å²) in [6.07, 6.45) is 3.74. The number of Topliss-reactive ketones (excluding diaryl/α,β-unsaturated/α-hetero) is 1. The molecule has 0 bridgehead atoms. The van der Waals surface area contributed by atoms with Crippen molar-refractivity contribution in [2.75, 3.05) is 19.7 Å². The molecule has 1 aliphatic heterocycles. The summed E-state index contributed by atoms with van der Waals surface area (Å²) in [5, 5.41) is 0. The second-order valence-corrected chi connectivity index (χ2v) is 6.66. The average Bonchev–Trinajstić information content (AvgIpc) is 2.65. The number of morpholine rings is 1. The number of rotatable bonds is 6. The van der Waals surface area contributed by atoms with E-state index in [1.165, 1.54) is 5.56 Å². The lowest BCUT2D eigenvalue weighted by Gasteiger charge is -2.31. The van der Waals surface area contributed by atoms with Gasteiger partial charge in [-0.05, 0) is 25.5 Å². The van der Waals surface area contributed by atoms with E-state index in [-0.39, 0.29) is 11.9 Å². The Morgan fingerprint density at radius 1 is 1.31 bits per heavy atom. The Labute approximate surface area is 154 Å². The molecule has 3 rings (SSSR count). The van der Waals surface area contributed by atoms with Crippen molar-refractivity contribution >= 4 is 5.78 Å². The van der Waals surface area contributed by atoms with Gasteiger partial charge < -0.3 is 9.47 Å². The zero-order valence-corrected chi connectivity index (χ0v) is 15.6. The molecular formula is C20H25N3O3. The third kappa shape index (κ3) is 4.65. The molecule has 2 aromatic rings. The fourth-order valence-corrected chi connectivity index (χ4v) is 3.02. The number of aromatic nitrogens is 2. The summed E-state index contributed by atoms with van der Waals surface area (Å²) in [6.45, 7) is 8.61. The van der Waals surface area contributed by atoms with Crippen LogP contribution >= 0.6 is 0 Å². The van der Waals surface area contributed by atoms with Gasteiger partial charge in [-0.2, -0.15) is 0 Å². The van der Waals surface area contributed by atoms with Gasteiger partial charge in [0.2, 0.25) is 0 Å². The Kier molecular flexibility index (Phi) is 5.96. The number of ketones is 1. The average molecular weight is 355 g/mol. The van der Waals surface area contributed by atoms with Gasteiger partial charge in [0, 0.05) is 44.0 Å². The molecule has 1 saturated heterocycles. The van der Waals surface area contributed by atoms with E-state index in [2.05, 4.69) is 20.9 Å². The Morgan fingerprint density at radius 2 is 2.08 bits per heavy atom. The van der Waals surface area contributed by atoms with E-state index in [9.17, 15) is 4.79 Å². The van der Waals surface area contributed by atoms with Crippen molar-refractivity contribution in [3.8, 4) is 11.8 Å². The van der Waals surface area contributed by atoms with Crippen LogP contribution in [0.1, 0.15) is 30.0 Å². The van der Waals surface area contributed by atoms with Crippen molar-refractivity contribution in [3.63, 3.8) is 0 Å². The molecule has 1 atom stereocenters. The van der Waals surface area contributed by atoms with Gasteiger partial charge >= 0.3 is 6.01 Å². The molecule has 0 saturated carbocycles. The minimum absolute atomic E-state index is 0.156. The molecule has 2 heterocycles. The van der Waals surface area contributed by atoms with Crippen LogP contribution in [-0.4, -0.2) is 46.5 Å². The number of carbonyl (C=O) groups excluding carboxylic acids is 1. The molecule has 6 nitrogen and oxygen atoms in total. The van der Waals surface area contributed by atoms with Crippen molar-refractivity contribution in [2.45, 2.75) is 39.8 Å². The van der Waals surface area contributed by atoms with Crippen molar-refractivity contribution in [1.82, 2.24) is 14.9 Å². The Bertz CT molecular complexity index is 761. The number of hydrogen-bond donors (Lipinski definition) is 0. The number of carbonyl (C=O) groups is 1. The van der Waals surface area contributed by atoms with Crippen LogP contribution < -0.4 is 4.74 Å². The predicted molar refractivity (Wildman–Crippen MR) is 98.3 cm³/mol. The van der Waals surface area contributed by atoms with E-state index in [1.54, 1.807) is 12.4 Å². The smallest absolute Gasteiger partial charge is 0.321 e. The zero-order chi connectivity index (χ0) is 18.5. The highest BCUT2D eigenvalue weighted by Gasteiger charge is 2.25. The van der Waals surface area contributed by atoms with Gasteiger partial charge in [0.15, 0.2) is 5.78 Å². The lowest BCUT2D eigenvalue weighted by Crippen LogP contribution is -2.45. The summed E-state index contributed by atoms with van der Waals surface area (Å²) < 4.78 is 11.3. The minimum atomic E-state index is -0.318. The number of aryl methyl sites for hydroxylation is 2. The maximum atomic E-state index is 11.8. The first-order valence-corrected chi connectivity index (χ1v) is 8.98. The lowest BCUT2D eigenvalue weighted by atomic mass is 10.1. The summed E-state index contributed by atoms with van der Waals surface area (Å²) in [6, 6.07) is 6.33. The lowest BCUT2D eigenvalue weighted by molar-refractivity contribution is -0.136. The molecule has 138 valence electrons. The van der Waals surface area contributed by atoms with Crippen LogP contribution in [0.25, 0.3) is 0 Å². The van der Waals surface area contributed by atoms with Crippen LogP contribution in [0.15, 0.2) is 30.6 Å². The molecule has 0 aliphatic carbocycles. The summed E-state index contributed by atoms with van der Waals surface area (Å²) in [5.74, 6) is 0.917. The second kappa shape index (κ2) is 8.38. The normalized spacial score (nSPS) is 17.9. The van der Waals surface area contributed by atoms with Crippen molar-refractivity contribution in [3.05, 3.63) is 47.3 Å². The van der Waals surface area contributed by atoms with Gasteiger partial charge in [0.05, 0.1) is 6.61 Å². The minimum Gasteiger partial charge on any atom is -0.424 e. The van der Waals surface area contributed by atoms with Crippen LogP contribution in [0.4, 0.5) is 0 Å². The van der Waals surface area contributed by atoms with Crippen LogP contribution in [0, 0.1) is 13.8 Å². The predicted octanol–water partition coefficient (Wildman–Crippen LogP) is 3.07. The topological polar surface area (TPSA) is 64.6 Å². The fraction of sp³-hybridized carbons (Fsp3) is 0.450. The highest BCUT2D eigenvalue weighted by atomic mass is 16.5. The summed E-state index contributed by atoms with van der Waals surface area (Å²) >= 11 is 0. The fourth-order valence-electron chi connectivity index (χ4n) is 3.02. The van der Waals surface area contributed by atoms with E-state index in [0.717, 1.165) is 23.4 Å². The van der Waals surface area contributed by atoms with E-state index in [0.29, 0.717) is 32.1 Å². The first kappa shape index (κ1) is 18.5. The summed E-state index contributed by atoms with van der Waals surface area (Å²) in [5.41, 5.74) is 3.23. The SMILES string of the molecule is CCC(=O)[C@@H]1CN(Cc2cnc(Oc3ccc(C)cc3C)nc2)CCO1. The highest BCUT2D eigenvalue weighted by molar-refractivity contribution is 5.83. The van der Waals surface area contributed by atoms with Gasteiger partial charge in [-0.1, -0.05) is 24.6 Å². The summed E-state index contributed by atoms with van der Waals surface area (Å²) in [4.78, 5) is 22.7. The van der Waals surface area contributed by atoms with E-state index >= 15 is 0 Å². The van der Waals surface area contributed by atoms with Crippen molar-refractivity contribution < 1.29 is 14.3 Å². The summed E-state index contributed by atoms with van der Waals surface area (Å²) in [7, 11) is 0. The zero-order valence-electron chi connectivity index (χ0n) is 15.6. The Balaban J connectivity index is 1.60. The maximum absolute atomic E-state index is 11.8. The second-order valence-electron chi connectivity index (χ2n) is 6.66. The number of benzene rings is 1. The maximum Gasteiger partial charge on any atom is 0.321 e. The molecule has 1 aromatic carbocycles. The molecule has 0 radical (unpaired) electrons. The van der Waals surface area contributed by atoms with Gasteiger partial charge in [0.25, 0.3) is 0 Å². The molecule has 0 amide bonds. The Morgan fingerprint density at radius 3 is 2.77 bits per heavy atom. The molecule has 0 N–H and O–H groups in total. The van der Waals surface area contributed by atoms with E-state index in [4.69, 9.17) is 9.47 Å². The molecule has 26 heavy (non-hydrogen) atoms. The monoisotopic (exact) mass is 355 g/mol. The number of nitrogens with zero attached hydrogens (tertiary/aromatic N) is 3. The first-order chi connectivity index (χ1) is 12.5. The van der Waals surface area contributed by atoms with Crippen molar-refractivity contribution in [2.24, 2.45) is 0 Å². The highest BCUT2D eigenvalue weighted by Crippen LogP contribution is 2.23. The number of ether oxygens (including phenoxy) is 2. The third-order valence-electron chi connectivity index (χ3n) is 4.48. The quantitative estimate of drug-likeness (QED) is 0.793. The van der Waals surface area contributed by atoms with Crippen molar-refractivity contribution in [1.29, 1.82) is 0 Å². The van der Waals surface area contributed by atoms with Crippen LogP contribution in [0.3, 0.4) is 0 Å². The largest absolute Gasteiger partial charge is 0.424 e. The Hall–Kier alpha value is -2.31. The van der Waals surface area contributed by atoms with Crippen LogP contribution in [0.5, 0.6) is 11.8 Å².